The van der Waals surface area contributed by atoms with Crippen molar-refractivity contribution < 1.29 is 4.79 Å². The molecule has 0 spiro atoms. The molecule has 1 amide bonds. The van der Waals surface area contributed by atoms with Crippen LogP contribution in [0.2, 0.25) is 0 Å². The Hall–Kier alpha value is -1.16. The number of carbonyl (C=O) groups is 1. The predicted molar refractivity (Wildman–Crippen MR) is 80.4 cm³/mol. The topological polar surface area (TPSA) is 33.2 Å². The van der Waals surface area contributed by atoms with Crippen LogP contribution in [-0.2, 0) is 4.79 Å². The monoisotopic (exact) mass is 278 g/mol. The fourth-order valence-electron chi connectivity index (χ4n) is 2.40. The summed E-state index contributed by atoms with van der Waals surface area (Å²) >= 11 is 1.75. The summed E-state index contributed by atoms with van der Waals surface area (Å²) in [6.45, 7) is 2.03. The first-order chi connectivity index (χ1) is 9.08. The minimum Gasteiger partial charge on any atom is -0.345 e. The van der Waals surface area contributed by atoms with Gasteiger partial charge in [-0.2, -0.15) is 0 Å². The number of hydrogen-bond acceptors (Lipinski definition) is 3. The van der Waals surface area contributed by atoms with Crippen LogP contribution < -0.4 is 0 Å². The highest BCUT2D eigenvalue weighted by Crippen LogP contribution is 2.36. The van der Waals surface area contributed by atoms with Gasteiger partial charge in [-0.1, -0.05) is 19.3 Å². The summed E-state index contributed by atoms with van der Waals surface area (Å²) in [4.78, 5) is 19.0. The van der Waals surface area contributed by atoms with Crippen LogP contribution in [-0.4, -0.2) is 29.9 Å². The number of rotatable bonds is 3. The van der Waals surface area contributed by atoms with Crippen molar-refractivity contribution in [1.29, 1.82) is 0 Å². The van der Waals surface area contributed by atoms with E-state index in [4.69, 9.17) is 4.98 Å². The molecule has 0 bridgehead atoms. The summed E-state index contributed by atoms with van der Waals surface area (Å²) < 4.78 is 0. The number of thiazole rings is 1. The lowest BCUT2D eigenvalue weighted by atomic mass is 9.90. The Morgan fingerprint density at radius 2 is 2.00 bits per heavy atom. The molecular formula is C15H22N2OS. The van der Waals surface area contributed by atoms with Crippen LogP contribution in [0, 0.1) is 6.92 Å². The van der Waals surface area contributed by atoms with Gasteiger partial charge in [0.05, 0.1) is 15.6 Å². The molecule has 1 heterocycles. The van der Waals surface area contributed by atoms with Gasteiger partial charge in [-0.05, 0) is 25.8 Å². The molecule has 0 radical (unpaired) electrons. The average molecular weight is 278 g/mol. The van der Waals surface area contributed by atoms with Crippen molar-refractivity contribution in [2.75, 3.05) is 14.1 Å². The van der Waals surface area contributed by atoms with Crippen LogP contribution in [0.15, 0.2) is 6.08 Å². The van der Waals surface area contributed by atoms with Crippen LogP contribution in [0.25, 0.3) is 6.08 Å². The summed E-state index contributed by atoms with van der Waals surface area (Å²) in [6, 6.07) is 0. The van der Waals surface area contributed by atoms with Gasteiger partial charge in [-0.25, -0.2) is 4.98 Å². The first kappa shape index (κ1) is 14.3. The molecule has 1 fully saturated rings. The summed E-state index contributed by atoms with van der Waals surface area (Å²) in [6.07, 6.45) is 10.1. The Morgan fingerprint density at radius 3 is 2.63 bits per heavy atom. The molecule has 104 valence electrons. The Labute approximate surface area is 119 Å². The third-order valence-electron chi connectivity index (χ3n) is 3.62. The molecule has 0 aromatic carbocycles. The second kappa shape index (κ2) is 6.33. The first-order valence-corrected chi connectivity index (χ1v) is 7.76. The zero-order valence-electron chi connectivity index (χ0n) is 12.0. The number of aryl methyl sites for hydroxylation is 1. The van der Waals surface area contributed by atoms with Crippen molar-refractivity contribution in [3.63, 3.8) is 0 Å². The van der Waals surface area contributed by atoms with Crippen molar-refractivity contribution >= 4 is 23.3 Å². The van der Waals surface area contributed by atoms with Gasteiger partial charge in [0.1, 0.15) is 0 Å². The van der Waals surface area contributed by atoms with Crippen LogP contribution >= 0.6 is 11.3 Å². The lowest BCUT2D eigenvalue weighted by Crippen LogP contribution is -2.18. The highest BCUT2D eigenvalue weighted by Gasteiger charge is 2.19. The molecule has 1 saturated carbocycles. The number of hydrogen-bond donors (Lipinski definition) is 0. The molecule has 19 heavy (non-hydrogen) atoms. The summed E-state index contributed by atoms with van der Waals surface area (Å²) in [5, 5.41) is 1.26. The number of aromatic nitrogens is 1. The molecule has 4 heteroatoms. The van der Waals surface area contributed by atoms with E-state index < -0.39 is 0 Å². The molecule has 0 saturated heterocycles. The van der Waals surface area contributed by atoms with Gasteiger partial charge in [0.15, 0.2) is 0 Å². The molecular weight excluding hydrogens is 256 g/mol. The second-order valence-electron chi connectivity index (χ2n) is 5.40. The van der Waals surface area contributed by atoms with E-state index in [1.165, 1.54) is 37.1 Å². The Morgan fingerprint density at radius 1 is 1.32 bits per heavy atom. The van der Waals surface area contributed by atoms with Gasteiger partial charge in [0.2, 0.25) is 5.91 Å². The highest BCUT2D eigenvalue weighted by atomic mass is 32.1. The molecule has 1 aromatic heterocycles. The lowest BCUT2D eigenvalue weighted by molar-refractivity contribution is -0.123. The highest BCUT2D eigenvalue weighted by molar-refractivity contribution is 7.12. The third-order valence-corrected chi connectivity index (χ3v) is 4.91. The van der Waals surface area contributed by atoms with Crippen molar-refractivity contribution in [2.45, 2.75) is 44.9 Å². The van der Waals surface area contributed by atoms with Crippen molar-refractivity contribution in [3.8, 4) is 0 Å². The van der Waals surface area contributed by atoms with E-state index in [0.717, 1.165) is 10.6 Å². The van der Waals surface area contributed by atoms with Crippen LogP contribution in [0.5, 0.6) is 0 Å². The van der Waals surface area contributed by atoms with Crippen molar-refractivity contribution in [2.24, 2.45) is 0 Å². The molecule has 0 unspecified atom stereocenters. The molecule has 0 atom stereocenters. The van der Waals surface area contributed by atoms with Gasteiger partial charge in [0, 0.05) is 26.1 Å². The van der Waals surface area contributed by atoms with E-state index in [2.05, 4.69) is 0 Å². The lowest BCUT2D eigenvalue weighted by Gasteiger charge is -2.18. The van der Waals surface area contributed by atoms with Crippen LogP contribution in [0.4, 0.5) is 0 Å². The maximum absolute atomic E-state index is 11.6. The smallest absolute Gasteiger partial charge is 0.246 e. The largest absolute Gasteiger partial charge is 0.345 e. The van der Waals surface area contributed by atoms with Gasteiger partial charge in [0.25, 0.3) is 0 Å². The molecule has 1 aliphatic rings. The van der Waals surface area contributed by atoms with Gasteiger partial charge in [-0.15, -0.1) is 11.3 Å². The molecule has 3 nitrogen and oxygen atoms in total. The van der Waals surface area contributed by atoms with E-state index in [1.54, 1.807) is 36.4 Å². The Balaban J connectivity index is 2.10. The number of nitrogens with zero attached hydrogens (tertiary/aromatic N) is 2. The molecule has 2 rings (SSSR count). The van der Waals surface area contributed by atoms with Crippen LogP contribution in [0.1, 0.15) is 53.6 Å². The Bertz CT molecular complexity index is 470. The van der Waals surface area contributed by atoms with E-state index in [1.807, 2.05) is 13.0 Å². The fraction of sp³-hybridized carbons (Fsp3) is 0.600. The minimum atomic E-state index is 0.0204. The first-order valence-electron chi connectivity index (χ1n) is 6.94. The quantitative estimate of drug-likeness (QED) is 0.791. The maximum atomic E-state index is 11.6. The zero-order chi connectivity index (χ0) is 13.8. The zero-order valence-corrected chi connectivity index (χ0v) is 12.8. The molecule has 1 aromatic rings. The molecule has 1 aliphatic carbocycles. The maximum Gasteiger partial charge on any atom is 0.246 e. The minimum absolute atomic E-state index is 0.0204. The molecule has 0 aliphatic heterocycles. The SMILES string of the molecule is Cc1nc(C2CCCCC2)sc1C=CC(=O)N(C)C. The van der Waals surface area contributed by atoms with Crippen molar-refractivity contribution in [3.05, 3.63) is 21.7 Å². The summed E-state index contributed by atoms with van der Waals surface area (Å²) in [5.74, 6) is 0.663. The van der Waals surface area contributed by atoms with E-state index in [-0.39, 0.29) is 5.91 Å². The van der Waals surface area contributed by atoms with E-state index >= 15 is 0 Å². The third kappa shape index (κ3) is 3.66. The molecule has 0 N–H and O–H groups in total. The Kier molecular flexibility index (Phi) is 4.75. The van der Waals surface area contributed by atoms with Gasteiger partial charge in [-0.3, -0.25) is 4.79 Å². The average Bonchev–Trinajstić information content (AvgIpc) is 2.78. The number of likely N-dealkylation sites (N-methyl/N-ethyl adjacent to an activating group) is 1. The summed E-state index contributed by atoms with van der Waals surface area (Å²) in [7, 11) is 3.53. The fourth-order valence-corrected chi connectivity index (χ4v) is 3.54. The normalized spacial score (nSPS) is 17.0. The van der Waals surface area contributed by atoms with Gasteiger partial charge < -0.3 is 4.90 Å². The number of amides is 1. The second-order valence-corrected chi connectivity index (χ2v) is 6.46. The van der Waals surface area contributed by atoms with E-state index in [9.17, 15) is 4.79 Å². The predicted octanol–water partition coefficient (Wildman–Crippen LogP) is 3.60. The van der Waals surface area contributed by atoms with Crippen LogP contribution in [0.3, 0.4) is 0 Å². The van der Waals surface area contributed by atoms with E-state index in [0.29, 0.717) is 5.92 Å². The standard InChI is InChI=1S/C15H22N2OS/c1-11-13(9-10-14(18)17(2)3)19-15(16-11)12-7-5-4-6-8-12/h9-10,12H,4-8H2,1-3H3. The van der Waals surface area contributed by atoms with Crippen molar-refractivity contribution in [1.82, 2.24) is 9.88 Å². The summed E-state index contributed by atoms with van der Waals surface area (Å²) in [5.41, 5.74) is 1.05. The number of carbonyl (C=O) groups excluding carboxylic acids is 1. The van der Waals surface area contributed by atoms with Gasteiger partial charge >= 0.3 is 0 Å².